The summed E-state index contributed by atoms with van der Waals surface area (Å²) in [4.78, 5) is 63.5. The first-order valence-electron chi connectivity index (χ1n) is 23.9. The molecule has 0 spiro atoms. The van der Waals surface area contributed by atoms with Crippen LogP contribution in [0.5, 0.6) is 11.8 Å². The molecular formula is C58H65LiN4O9. The van der Waals surface area contributed by atoms with Gasteiger partial charge in [-0.05, 0) is 140 Å². The van der Waals surface area contributed by atoms with Crippen molar-refractivity contribution >= 4 is 23.8 Å². The third-order valence-corrected chi connectivity index (χ3v) is 13.6. The number of carboxylic acids is 1. The number of carboxylic acid groups (broad SMARTS) is 1. The van der Waals surface area contributed by atoms with Gasteiger partial charge in [0.05, 0.1) is 33.7 Å². The smallest absolute Gasteiger partial charge is 0.870 e. The molecule has 72 heavy (non-hydrogen) atoms. The number of fused-ring (bicyclic) bond motifs is 2. The second kappa shape index (κ2) is 25.1. The molecule has 2 aromatic heterocycles. The van der Waals surface area contributed by atoms with Crippen molar-refractivity contribution in [3.8, 4) is 11.8 Å². The minimum Gasteiger partial charge on any atom is -0.870 e. The Labute approximate surface area is 435 Å². The van der Waals surface area contributed by atoms with Crippen LogP contribution in [0.15, 0.2) is 97.3 Å². The number of aromatic nitrogens is 2. The van der Waals surface area contributed by atoms with Gasteiger partial charge in [-0.1, -0.05) is 71.8 Å². The summed E-state index contributed by atoms with van der Waals surface area (Å²) in [6.45, 7) is 16.4. The predicted molar refractivity (Wildman–Crippen MR) is 272 cm³/mol. The summed E-state index contributed by atoms with van der Waals surface area (Å²) in [5.41, 5.74) is 15.9. The molecule has 0 saturated carbocycles. The van der Waals surface area contributed by atoms with Crippen molar-refractivity contribution in [2.24, 2.45) is 0 Å². The van der Waals surface area contributed by atoms with Crippen LogP contribution in [-0.4, -0.2) is 88.0 Å². The number of aliphatic carboxylic acids is 1. The van der Waals surface area contributed by atoms with Gasteiger partial charge in [0.2, 0.25) is 11.8 Å². The van der Waals surface area contributed by atoms with Gasteiger partial charge < -0.3 is 34.6 Å². The summed E-state index contributed by atoms with van der Waals surface area (Å²) in [6.07, 6.45) is 5.24. The Morgan fingerprint density at radius 3 is 1.40 bits per heavy atom. The molecule has 0 unspecified atom stereocenters. The fraction of sp³-hybridized carbons (Fsp3) is 0.345. The molecule has 0 bridgehead atoms. The molecule has 4 aromatic carbocycles. The van der Waals surface area contributed by atoms with Crippen molar-refractivity contribution < 1.29 is 62.8 Å². The van der Waals surface area contributed by atoms with Crippen molar-refractivity contribution in [1.29, 1.82) is 0 Å². The molecule has 2 aliphatic heterocycles. The van der Waals surface area contributed by atoms with Gasteiger partial charge in [0.25, 0.3) is 11.8 Å². The van der Waals surface area contributed by atoms with Crippen LogP contribution in [0, 0.1) is 41.5 Å². The molecule has 4 heterocycles. The zero-order valence-electron chi connectivity index (χ0n) is 43.3. The van der Waals surface area contributed by atoms with Gasteiger partial charge in [0.15, 0.2) is 0 Å². The minimum absolute atomic E-state index is 0. The van der Waals surface area contributed by atoms with E-state index in [2.05, 4.69) is 40.3 Å². The van der Waals surface area contributed by atoms with Gasteiger partial charge in [-0.25, -0.2) is 9.97 Å². The van der Waals surface area contributed by atoms with Crippen LogP contribution in [0.1, 0.15) is 130 Å². The van der Waals surface area contributed by atoms with E-state index < -0.39 is 5.97 Å². The van der Waals surface area contributed by atoms with Gasteiger partial charge in [-0.2, -0.15) is 0 Å². The Hall–Kier alpha value is -6.78. The summed E-state index contributed by atoms with van der Waals surface area (Å²) in [5.74, 6) is -0.533. The van der Waals surface area contributed by atoms with Crippen molar-refractivity contribution in [2.75, 3.05) is 33.9 Å². The first-order chi connectivity index (χ1) is 33.6. The van der Waals surface area contributed by atoms with Gasteiger partial charge in [-0.3, -0.25) is 19.2 Å². The Morgan fingerprint density at radius 1 is 0.583 bits per heavy atom. The summed E-state index contributed by atoms with van der Waals surface area (Å²) in [5, 5.41) is 9.63. The molecule has 2 aliphatic rings. The molecule has 8 rings (SSSR count). The normalized spacial score (nSPS) is 13.3. The first-order valence-corrected chi connectivity index (χ1v) is 23.9. The fourth-order valence-corrected chi connectivity index (χ4v) is 9.62. The number of ether oxygens (including phenoxy) is 3. The van der Waals surface area contributed by atoms with Crippen LogP contribution in [0.2, 0.25) is 0 Å². The van der Waals surface area contributed by atoms with Crippen LogP contribution >= 0.6 is 0 Å². The number of hydrogen-bond donors (Lipinski definition) is 1. The van der Waals surface area contributed by atoms with Gasteiger partial charge in [0, 0.05) is 73.7 Å². The van der Waals surface area contributed by atoms with E-state index in [1.807, 2.05) is 113 Å². The monoisotopic (exact) mass is 968 g/mol. The van der Waals surface area contributed by atoms with Crippen LogP contribution in [0.4, 0.5) is 0 Å². The van der Waals surface area contributed by atoms with Crippen LogP contribution in [-0.2, 0) is 40.3 Å². The van der Waals surface area contributed by atoms with Crippen LogP contribution in [0.25, 0.3) is 0 Å². The number of rotatable bonds is 13. The Bertz CT molecular complexity index is 2940. The molecule has 2 N–H and O–H groups in total. The maximum atomic E-state index is 13.4. The summed E-state index contributed by atoms with van der Waals surface area (Å²) >= 11 is 0. The molecule has 0 fully saturated rings. The summed E-state index contributed by atoms with van der Waals surface area (Å²) < 4.78 is 15.8. The molecule has 0 saturated heterocycles. The standard InChI is InChI=1S/C30H34N2O4.C28H30N2O4.Li.H2O/c1-6-36-29(33)16-26(27-17-31-28(35-5)14-21(27)4)23-10-9-22-11-12-32(18-24(22)15-23)30(34)25-13-19(2)7-8-20(25)3;1-17-5-6-18(2)23(11-17)28(33)30-10-9-20-7-8-21(13-22(20)16-30)24(14-27(31)32)25-15-29-26(34-4)12-19(25)3;;/h7-10,13-15,17,26H,6,11-12,16,18H2,1-5H3;5-8,11-13,15,24H,9-10,14,16H2,1-4H3,(H,31,32);;1H2/q;;+1;/p-1/t26-;24-;;/m00../s1. The van der Waals surface area contributed by atoms with E-state index in [4.69, 9.17) is 14.2 Å². The number of nitrogens with zero attached hydrogens (tertiary/aromatic N) is 4. The van der Waals surface area contributed by atoms with E-state index in [0.29, 0.717) is 44.5 Å². The Kier molecular flexibility index (Phi) is 19.5. The van der Waals surface area contributed by atoms with E-state index in [1.54, 1.807) is 26.6 Å². The fourth-order valence-electron chi connectivity index (χ4n) is 9.62. The maximum Gasteiger partial charge on any atom is 1.00 e. The molecule has 2 amide bonds. The largest absolute Gasteiger partial charge is 1.00 e. The number of pyridine rings is 2. The van der Waals surface area contributed by atoms with E-state index in [9.17, 15) is 24.3 Å². The van der Waals surface area contributed by atoms with Crippen molar-refractivity contribution in [2.45, 2.75) is 99.1 Å². The number of carbonyl (C=O) groups is 4. The third-order valence-electron chi connectivity index (χ3n) is 13.6. The zero-order valence-corrected chi connectivity index (χ0v) is 43.3. The van der Waals surface area contributed by atoms with E-state index in [-0.39, 0.29) is 66.8 Å². The molecule has 2 atom stereocenters. The number of esters is 1. The molecule has 13 nitrogen and oxygen atoms in total. The van der Waals surface area contributed by atoms with E-state index in [1.165, 1.54) is 11.1 Å². The molecule has 6 aromatic rings. The second-order valence-corrected chi connectivity index (χ2v) is 18.5. The predicted octanol–water partition coefficient (Wildman–Crippen LogP) is 6.95. The van der Waals surface area contributed by atoms with Crippen molar-refractivity contribution in [3.63, 3.8) is 0 Å². The number of benzene rings is 4. The van der Waals surface area contributed by atoms with E-state index >= 15 is 0 Å². The van der Waals surface area contributed by atoms with Gasteiger partial charge >= 0.3 is 30.8 Å². The van der Waals surface area contributed by atoms with Gasteiger partial charge in [-0.15, -0.1) is 0 Å². The topological polar surface area (TPSA) is 178 Å². The number of aryl methyl sites for hydroxylation is 6. The second-order valence-electron chi connectivity index (χ2n) is 18.5. The van der Waals surface area contributed by atoms with Crippen LogP contribution in [0.3, 0.4) is 0 Å². The minimum atomic E-state index is -0.871. The number of amides is 2. The maximum absolute atomic E-state index is 13.4. The summed E-state index contributed by atoms with van der Waals surface area (Å²) in [6, 6.07) is 28.2. The average molecular weight is 969 g/mol. The van der Waals surface area contributed by atoms with E-state index in [0.717, 1.165) is 90.7 Å². The quantitative estimate of drug-likeness (QED) is 0.0936. The molecule has 14 heteroatoms. The van der Waals surface area contributed by atoms with Crippen LogP contribution < -0.4 is 28.3 Å². The number of carbonyl (C=O) groups excluding carboxylic acids is 3. The zero-order chi connectivity index (χ0) is 50.2. The molecule has 0 aliphatic carbocycles. The average Bonchev–Trinajstić information content (AvgIpc) is 3.35. The third kappa shape index (κ3) is 13.2. The SMILES string of the molecule is CCOC(=O)C[C@@H](c1ccc2c(c1)CN(C(=O)c1cc(C)ccc1C)CC2)c1cnc(OC)cc1C.COc1cc(C)c([C@@H](CC(=O)O)c2ccc3c(c2)CN(C(=O)c2cc(C)ccc2C)CC3)cn1.[Li+].[OH-]. The number of methoxy groups -OCH3 is 2. The molecule has 372 valence electrons. The summed E-state index contributed by atoms with van der Waals surface area (Å²) in [7, 11) is 3.15. The Morgan fingerprint density at radius 2 is 1.01 bits per heavy atom. The van der Waals surface area contributed by atoms with Gasteiger partial charge in [0.1, 0.15) is 0 Å². The van der Waals surface area contributed by atoms with Crippen molar-refractivity contribution in [1.82, 2.24) is 19.8 Å². The molecule has 0 radical (unpaired) electrons. The number of hydrogen-bond acceptors (Lipinski definition) is 10. The molecular weight excluding hydrogens is 904 g/mol. The first kappa shape index (κ1) is 56.1. The Balaban J connectivity index is 0.000000261. The van der Waals surface area contributed by atoms with Crippen molar-refractivity contribution in [3.05, 3.63) is 186 Å².